The molecule has 10 nitrogen and oxygen atoms in total. The first-order valence-corrected chi connectivity index (χ1v) is 16.6. The average molecular weight is 668 g/mol. The normalized spacial score (nSPS) is 13.9. The largest absolute Gasteiger partial charge is 0.453 e. The summed E-state index contributed by atoms with van der Waals surface area (Å²) in [4.78, 5) is 36.1. The Balaban J connectivity index is 1.01. The number of likely N-dealkylation sites (tertiary alicyclic amines) is 1. The first-order chi connectivity index (χ1) is 23.7. The van der Waals surface area contributed by atoms with Gasteiger partial charge in [0.2, 0.25) is 11.8 Å². The molecule has 6 rings (SSSR count). The summed E-state index contributed by atoms with van der Waals surface area (Å²) in [5.41, 5.74) is 2.89. The van der Waals surface area contributed by atoms with Gasteiger partial charge in [0, 0.05) is 68.0 Å². The average Bonchev–Trinajstić information content (AvgIpc) is 3.59. The fourth-order valence-corrected chi connectivity index (χ4v) is 5.92. The van der Waals surface area contributed by atoms with Gasteiger partial charge in [-0.2, -0.15) is 5.10 Å². The van der Waals surface area contributed by atoms with Gasteiger partial charge in [-0.3, -0.25) is 24.2 Å². The molecule has 254 valence electrons. The number of ether oxygens (including phenoxy) is 1. The van der Waals surface area contributed by atoms with Gasteiger partial charge in [-0.05, 0) is 94.1 Å². The number of fused-ring (bicyclic) bond motifs is 1. The molecule has 1 fully saturated rings. The van der Waals surface area contributed by atoms with Crippen molar-refractivity contribution in [1.82, 2.24) is 24.6 Å². The molecule has 2 N–H and O–H groups in total. The van der Waals surface area contributed by atoms with E-state index in [1.807, 2.05) is 23.0 Å². The number of anilines is 2. The third-order valence-corrected chi connectivity index (χ3v) is 8.68. The number of unbranched alkanes of at least 4 members (excludes halogenated alkanes) is 1. The van der Waals surface area contributed by atoms with Gasteiger partial charge in [0.05, 0.1) is 22.6 Å². The van der Waals surface area contributed by atoms with E-state index < -0.39 is 5.82 Å². The van der Waals surface area contributed by atoms with Crippen LogP contribution in [0.1, 0.15) is 58.4 Å². The lowest BCUT2D eigenvalue weighted by molar-refractivity contribution is -0.118. The van der Waals surface area contributed by atoms with E-state index in [1.165, 1.54) is 36.4 Å². The van der Waals surface area contributed by atoms with Crippen molar-refractivity contribution in [2.75, 3.05) is 23.7 Å². The Labute approximate surface area is 283 Å². The number of piperidine rings is 1. The molecule has 0 unspecified atom stereocenters. The van der Waals surface area contributed by atoms with Crippen LogP contribution in [0.15, 0.2) is 79.3 Å². The van der Waals surface area contributed by atoms with Crippen LogP contribution in [-0.4, -0.2) is 55.6 Å². The zero-order valence-electron chi connectivity index (χ0n) is 27.5. The van der Waals surface area contributed by atoms with Gasteiger partial charge in [-0.25, -0.2) is 8.78 Å². The number of hydrogen-bond acceptors (Lipinski definition) is 7. The van der Waals surface area contributed by atoms with E-state index in [-0.39, 0.29) is 36.2 Å². The van der Waals surface area contributed by atoms with Crippen LogP contribution in [-0.2, 0) is 9.59 Å². The standard InChI is InChI=1S/C37H39F2N7O3/c1-24(2)45-18-14-28(15-19-45)46-20-16-31(44-46)33-22-32-29(23-41-33)34(13-17-40-32)49-35-12-11-27(21-30(35)39)43-37(48)6-4-3-5-36(47)42-26-9-7-25(38)8-10-26/h7-13,16-17,20-24,28H,3-6,14-15,18-19H2,1-2H3,(H,42,47)(H,43,48). The van der Waals surface area contributed by atoms with Crippen molar-refractivity contribution in [3.8, 4) is 22.9 Å². The number of pyridine rings is 2. The molecule has 49 heavy (non-hydrogen) atoms. The van der Waals surface area contributed by atoms with Crippen LogP contribution in [0.3, 0.4) is 0 Å². The molecule has 5 aromatic rings. The van der Waals surface area contributed by atoms with Crippen LogP contribution in [0.2, 0.25) is 0 Å². The van der Waals surface area contributed by atoms with Gasteiger partial charge in [0.15, 0.2) is 11.6 Å². The Hall–Kier alpha value is -5.23. The number of carbonyl (C=O) groups is 2. The summed E-state index contributed by atoms with van der Waals surface area (Å²) in [5.74, 6) is -1.16. The van der Waals surface area contributed by atoms with Gasteiger partial charge in [-0.1, -0.05) is 0 Å². The minimum absolute atomic E-state index is 0.0102. The van der Waals surface area contributed by atoms with Crippen LogP contribution in [0.25, 0.3) is 22.3 Å². The number of carbonyl (C=O) groups excluding carboxylic acids is 2. The second kappa shape index (κ2) is 15.3. The molecule has 1 aliphatic heterocycles. The zero-order chi connectivity index (χ0) is 34.3. The van der Waals surface area contributed by atoms with Crippen molar-refractivity contribution in [3.05, 3.63) is 90.9 Å². The number of amides is 2. The van der Waals surface area contributed by atoms with E-state index in [0.29, 0.717) is 58.6 Å². The number of aromatic nitrogens is 4. The summed E-state index contributed by atoms with van der Waals surface area (Å²) < 4.78 is 36.1. The molecule has 0 bridgehead atoms. The van der Waals surface area contributed by atoms with Gasteiger partial charge < -0.3 is 20.3 Å². The second-order valence-corrected chi connectivity index (χ2v) is 12.5. The molecule has 0 spiro atoms. The molecule has 3 aromatic heterocycles. The van der Waals surface area contributed by atoms with E-state index in [0.717, 1.165) is 31.6 Å². The van der Waals surface area contributed by atoms with Crippen molar-refractivity contribution < 1.29 is 23.1 Å². The molecule has 0 aliphatic carbocycles. The third-order valence-electron chi connectivity index (χ3n) is 8.68. The van der Waals surface area contributed by atoms with E-state index in [2.05, 4.69) is 39.3 Å². The molecule has 1 aliphatic rings. The highest BCUT2D eigenvalue weighted by atomic mass is 19.1. The number of hydrogen-bond donors (Lipinski definition) is 2. The van der Waals surface area contributed by atoms with Crippen molar-refractivity contribution in [3.63, 3.8) is 0 Å². The molecule has 0 saturated carbocycles. The quantitative estimate of drug-likeness (QED) is 0.131. The highest BCUT2D eigenvalue weighted by Crippen LogP contribution is 2.33. The predicted octanol–water partition coefficient (Wildman–Crippen LogP) is 7.75. The van der Waals surface area contributed by atoms with Crippen LogP contribution in [0.5, 0.6) is 11.5 Å². The maximum Gasteiger partial charge on any atom is 0.224 e. The lowest BCUT2D eigenvalue weighted by Crippen LogP contribution is -2.39. The number of halogens is 2. The maximum atomic E-state index is 15.1. The number of benzene rings is 2. The van der Waals surface area contributed by atoms with E-state index >= 15 is 4.39 Å². The molecule has 4 heterocycles. The molecule has 2 amide bonds. The van der Waals surface area contributed by atoms with Crippen LogP contribution < -0.4 is 15.4 Å². The monoisotopic (exact) mass is 667 g/mol. The summed E-state index contributed by atoms with van der Waals surface area (Å²) >= 11 is 0. The van der Waals surface area contributed by atoms with Gasteiger partial charge in [-0.15, -0.1) is 0 Å². The molecule has 12 heteroatoms. The van der Waals surface area contributed by atoms with E-state index in [1.54, 1.807) is 24.5 Å². The van der Waals surface area contributed by atoms with Gasteiger partial charge in [0.1, 0.15) is 17.3 Å². The SMILES string of the molecule is CC(C)N1CCC(n2ccc(-c3cc4nccc(Oc5ccc(NC(=O)CCCCC(=O)Nc6ccc(F)cc6)cc5F)c4cn3)n2)CC1. The topological polar surface area (TPSA) is 114 Å². The summed E-state index contributed by atoms with van der Waals surface area (Å²) in [5, 5.41) is 10.8. The lowest BCUT2D eigenvalue weighted by Gasteiger charge is -2.34. The molecule has 1 saturated heterocycles. The second-order valence-electron chi connectivity index (χ2n) is 12.5. The summed E-state index contributed by atoms with van der Waals surface area (Å²) in [7, 11) is 0. The predicted molar refractivity (Wildman–Crippen MR) is 184 cm³/mol. The van der Waals surface area contributed by atoms with Crippen molar-refractivity contribution in [2.24, 2.45) is 0 Å². The number of nitrogens with zero attached hydrogens (tertiary/aromatic N) is 5. The number of nitrogens with one attached hydrogen (secondary N) is 2. The Morgan fingerprint density at radius 2 is 1.55 bits per heavy atom. The fourth-order valence-electron chi connectivity index (χ4n) is 5.92. The van der Waals surface area contributed by atoms with Crippen molar-refractivity contribution in [2.45, 2.75) is 64.5 Å². The summed E-state index contributed by atoms with van der Waals surface area (Å²) in [6, 6.07) is 16.1. The number of rotatable bonds is 12. The summed E-state index contributed by atoms with van der Waals surface area (Å²) in [6.07, 6.45) is 8.72. The smallest absolute Gasteiger partial charge is 0.224 e. The lowest BCUT2D eigenvalue weighted by atomic mass is 10.0. The third kappa shape index (κ3) is 8.63. The van der Waals surface area contributed by atoms with Gasteiger partial charge in [0.25, 0.3) is 0 Å². The zero-order valence-corrected chi connectivity index (χ0v) is 27.5. The van der Waals surface area contributed by atoms with Crippen LogP contribution in [0.4, 0.5) is 20.2 Å². The summed E-state index contributed by atoms with van der Waals surface area (Å²) in [6.45, 7) is 6.57. The first-order valence-electron chi connectivity index (χ1n) is 16.6. The van der Waals surface area contributed by atoms with Gasteiger partial charge >= 0.3 is 0 Å². The highest BCUT2D eigenvalue weighted by molar-refractivity contribution is 5.92. The van der Waals surface area contributed by atoms with E-state index in [9.17, 15) is 14.0 Å². The Morgan fingerprint density at radius 1 is 0.857 bits per heavy atom. The minimum Gasteiger partial charge on any atom is -0.453 e. The fraction of sp³-hybridized carbons (Fsp3) is 0.324. The molecular weight excluding hydrogens is 628 g/mol. The molecule has 0 atom stereocenters. The Bertz CT molecular complexity index is 1920. The van der Waals surface area contributed by atoms with Crippen LogP contribution in [0, 0.1) is 11.6 Å². The highest BCUT2D eigenvalue weighted by Gasteiger charge is 2.23. The van der Waals surface area contributed by atoms with E-state index in [4.69, 9.17) is 9.84 Å². The molecule has 2 aromatic carbocycles. The first kappa shape index (κ1) is 33.7. The molecule has 0 radical (unpaired) electrons. The maximum absolute atomic E-state index is 15.1. The van der Waals surface area contributed by atoms with Crippen LogP contribution >= 0.6 is 0 Å². The Kier molecular flexibility index (Phi) is 10.5. The van der Waals surface area contributed by atoms with Crippen molar-refractivity contribution in [1.29, 1.82) is 0 Å². The Morgan fingerprint density at radius 3 is 2.24 bits per heavy atom. The minimum atomic E-state index is -0.644. The van der Waals surface area contributed by atoms with Crippen molar-refractivity contribution >= 4 is 34.1 Å². The molecular formula is C37H39F2N7O3.